The van der Waals surface area contributed by atoms with Crippen molar-refractivity contribution in [3.8, 4) is 0 Å². The van der Waals surface area contributed by atoms with Gasteiger partial charge in [0.1, 0.15) is 0 Å². The van der Waals surface area contributed by atoms with Crippen LogP contribution in [0.3, 0.4) is 0 Å². The summed E-state index contributed by atoms with van der Waals surface area (Å²) in [6, 6.07) is 9.44. The molecule has 13 heavy (non-hydrogen) atoms. The van der Waals surface area contributed by atoms with Crippen LogP contribution in [0.4, 0.5) is 0 Å². The van der Waals surface area contributed by atoms with Crippen LogP contribution in [0.5, 0.6) is 0 Å². The van der Waals surface area contributed by atoms with E-state index in [0.29, 0.717) is 5.56 Å². The lowest BCUT2D eigenvalue weighted by Crippen LogP contribution is -2.28. The SMILES string of the molecule is ClC(Cl)(Cl)C(Cl)(Cl)c1c[c]ccc1. The van der Waals surface area contributed by atoms with E-state index >= 15 is 0 Å². The van der Waals surface area contributed by atoms with E-state index in [4.69, 9.17) is 58.0 Å². The molecule has 0 aliphatic rings. The van der Waals surface area contributed by atoms with E-state index in [1.807, 2.05) is 0 Å². The largest absolute Gasteiger partial charge is 0.227 e. The summed E-state index contributed by atoms with van der Waals surface area (Å²) in [4.78, 5) is 0. The molecule has 0 amide bonds. The predicted molar refractivity (Wildman–Crippen MR) is 59.0 cm³/mol. The summed E-state index contributed by atoms with van der Waals surface area (Å²) in [7, 11) is 0. The van der Waals surface area contributed by atoms with Crippen molar-refractivity contribution in [1.29, 1.82) is 0 Å². The second-order valence-corrected chi connectivity index (χ2v) is 5.97. The Morgan fingerprint density at radius 2 is 1.69 bits per heavy atom. The van der Waals surface area contributed by atoms with Crippen LogP contribution in [0.2, 0.25) is 0 Å². The van der Waals surface area contributed by atoms with E-state index in [0.717, 1.165) is 0 Å². The number of hydrogen-bond donors (Lipinski definition) is 0. The van der Waals surface area contributed by atoms with Crippen molar-refractivity contribution in [1.82, 2.24) is 0 Å². The zero-order valence-electron chi connectivity index (χ0n) is 6.20. The van der Waals surface area contributed by atoms with E-state index < -0.39 is 8.13 Å². The fourth-order valence-corrected chi connectivity index (χ4v) is 1.31. The fourth-order valence-electron chi connectivity index (χ4n) is 0.752. The van der Waals surface area contributed by atoms with Crippen molar-refractivity contribution >= 4 is 58.0 Å². The molecule has 0 spiro atoms. The maximum atomic E-state index is 5.89. The van der Waals surface area contributed by atoms with Crippen molar-refractivity contribution in [2.75, 3.05) is 0 Å². The molecule has 0 aliphatic carbocycles. The zero-order chi connectivity index (χ0) is 10.1. The Bertz CT molecular complexity index is 274. The molecular formula is C8H4Cl5. The van der Waals surface area contributed by atoms with Crippen LogP contribution >= 0.6 is 58.0 Å². The molecule has 0 saturated heterocycles. The maximum absolute atomic E-state index is 5.89. The van der Waals surface area contributed by atoms with Gasteiger partial charge in [-0.3, -0.25) is 0 Å². The van der Waals surface area contributed by atoms with Crippen molar-refractivity contribution in [3.63, 3.8) is 0 Å². The summed E-state index contributed by atoms with van der Waals surface area (Å²) in [5, 5.41) is 0. The van der Waals surface area contributed by atoms with Gasteiger partial charge in [-0.15, -0.1) is 0 Å². The molecule has 0 aliphatic heterocycles. The lowest BCUT2D eigenvalue weighted by atomic mass is 10.1. The molecule has 0 saturated carbocycles. The molecule has 0 heterocycles. The van der Waals surface area contributed by atoms with E-state index in [1.54, 1.807) is 24.3 Å². The van der Waals surface area contributed by atoms with E-state index in [1.165, 1.54) is 0 Å². The van der Waals surface area contributed by atoms with Crippen LogP contribution in [0.15, 0.2) is 24.3 Å². The molecule has 0 atom stereocenters. The molecule has 1 aromatic rings. The average molecular weight is 277 g/mol. The Labute approximate surface area is 102 Å². The minimum Gasteiger partial charge on any atom is -0.0915 e. The quantitative estimate of drug-likeness (QED) is 0.664. The predicted octanol–water partition coefficient (Wildman–Crippen LogP) is 4.49. The zero-order valence-corrected chi connectivity index (χ0v) is 9.98. The van der Waals surface area contributed by atoms with E-state index in [9.17, 15) is 0 Å². The first kappa shape index (κ1) is 11.7. The van der Waals surface area contributed by atoms with Crippen LogP contribution in [0.1, 0.15) is 5.56 Å². The first-order chi connectivity index (χ1) is 5.86. The maximum Gasteiger partial charge on any atom is 0.227 e. The lowest BCUT2D eigenvalue weighted by Gasteiger charge is -2.27. The van der Waals surface area contributed by atoms with Crippen molar-refractivity contribution in [2.45, 2.75) is 8.13 Å². The highest BCUT2D eigenvalue weighted by atomic mass is 35.6. The van der Waals surface area contributed by atoms with Crippen LogP contribution in [0, 0.1) is 6.07 Å². The van der Waals surface area contributed by atoms with Crippen molar-refractivity contribution in [3.05, 3.63) is 35.9 Å². The number of benzene rings is 1. The summed E-state index contributed by atoms with van der Waals surface area (Å²) >= 11 is 28.6. The van der Waals surface area contributed by atoms with Gasteiger partial charge < -0.3 is 0 Å². The van der Waals surface area contributed by atoms with Gasteiger partial charge in [0.05, 0.1) is 0 Å². The Balaban J connectivity index is 3.08. The Morgan fingerprint density at radius 1 is 1.08 bits per heavy atom. The topological polar surface area (TPSA) is 0 Å². The molecule has 1 aromatic carbocycles. The molecule has 0 N–H and O–H groups in total. The third kappa shape index (κ3) is 2.57. The lowest BCUT2D eigenvalue weighted by molar-refractivity contribution is 0.877. The Kier molecular flexibility index (Phi) is 3.65. The van der Waals surface area contributed by atoms with Gasteiger partial charge in [-0.25, -0.2) is 0 Å². The summed E-state index contributed by atoms with van der Waals surface area (Å²) in [5.74, 6) is 0. The average Bonchev–Trinajstić information content (AvgIpc) is 2.04. The van der Waals surface area contributed by atoms with Gasteiger partial charge in [-0.2, -0.15) is 0 Å². The Hall–Kier alpha value is 0.670. The van der Waals surface area contributed by atoms with Crippen molar-refractivity contribution < 1.29 is 0 Å². The number of rotatable bonds is 1. The summed E-state index contributed by atoms with van der Waals surface area (Å²) < 4.78 is -3.33. The van der Waals surface area contributed by atoms with Gasteiger partial charge in [-0.05, 0) is 17.7 Å². The molecule has 0 fully saturated rings. The minimum atomic E-state index is -1.77. The smallest absolute Gasteiger partial charge is 0.0915 e. The van der Waals surface area contributed by atoms with E-state index in [2.05, 4.69) is 6.07 Å². The van der Waals surface area contributed by atoms with Gasteiger partial charge in [0.25, 0.3) is 0 Å². The summed E-state index contributed by atoms with van der Waals surface area (Å²) in [6.45, 7) is 0. The molecule has 0 bridgehead atoms. The molecule has 5 heteroatoms. The van der Waals surface area contributed by atoms with Crippen LogP contribution in [-0.4, -0.2) is 3.79 Å². The second kappa shape index (κ2) is 4.04. The molecule has 0 aromatic heterocycles. The molecule has 0 nitrogen and oxygen atoms in total. The normalized spacial score (nSPS) is 13.0. The van der Waals surface area contributed by atoms with Gasteiger partial charge in [0.2, 0.25) is 3.79 Å². The second-order valence-electron chi connectivity index (χ2n) is 2.36. The van der Waals surface area contributed by atoms with Crippen LogP contribution < -0.4 is 0 Å². The standard InChI is InChI=1S/C8H4Cl5/c9-7(10,8(11,12)13)6-4-2-1-3-5-6/h1-2,4-5H. The molecule has 1 rings (SSSR count). The molecule has 1 radical (unpaired) electrons. The Morgan fingerprint density at radius 3 is 2.08 bits per heavy atom. The number of alkyl halides is 5. The third-order valence-electron chi connectivity index (χ3n) is 1.43. The number of halogens is 5. The minimum absolute atomic E-state index is 0.498. The highest BCUT2D eigenvalue weighted by Gasteiger charge is 2.47. The van der Waals surface area contributed by atoms with Gasteiger partial charge >= 0.3 is 0 Å². The fraction of sp³-hybridized carbons (Fsp3) is 0.250. The van der Waals surface area contributed by atoms with Gasteiger partial charge in [0, 0.05) is 0 Å². The first-order valence-corrected chi connectivity index (χ1v) is 5.16. The van der Waals surface area contributed by atoms with Crippen molar-refractivity contribution in [2.24, 2.45) is 0 Å². The molecule has 0 unspecified atom stereocenters. The number of hydrogen-bond acceptors (Lipinski definition) is 0. The summed E-state index contributed by atoms with van der Waals surface area (Å²) in [6.07, 6.45) is 0. The highest BCUT2D eigenvalue weighted by Crippen LogP contribution is 2.52. The van der Waals surface area contributed by atoms with Gasteiger partial charge in [0.15, 0.2) is 4.33 Å². The highest BCUT2D eigenvalue weighted by molar-refractivity contribution is 6.75. The van der Waals surface area contributed by atoms with Crippen LogP contribution in [-0.2, 0) is 4.33 Å². The van der Waals surface area contributed by atoms with Crippen LogP contribution in [0.25, 0.3) is 0 Å². The third-order valence-corrected chi connectivity index (χ3v) is 3.86. The molecular weight excluding hydrogens is 273 g/mol. The molecule has 71 valence electrons. The monoisotopic (exact) mass is 275 g/mol. The van der Waals surface area contributed by atoms with E-state index in [-0.39, 0.29) is 0 Å². The summed E-state index contributed by atoms with van der Waals surface area (Å²) in [5.41, 5.74) is 0.498. The van der Waals surface area contributed by atoms with Gasteiger partial charge in [-0.1, -0.05) is 76.2 Å². The first-order valence-electron chi connectivity index (χ1n) is 3.27.